The standard InChI is InChI=1S/C14H17NO5/c1-2-14(13(18)19)6-3-7-15(9-14)12(17)10-4-5-11(16)20-8-10/h4-5,8H,2-3,6-7,9H2,1H3,(H,18,19). The number of hydrogen-bond acceptors (Lipinski definition) is 4. The summed E-state index contributed by atoms with van der Waals surface area (Å²) in [5, 5.41) is 9.40. The van der Waals surface area contributed by atoms with Crippen LogP contribution < -0.4 is 5.63 Å². The Morgan fingerprint density at radius 1 is 1.45 bits per heavy atom. The number of carboxylic acids is 1. The van der Waals surface area contributed by atoms with E-state index in [1.807, 2.05) is 6.92 Å². The normalized spacial score (nSPS) is 22.6. The van der Waals surface area contributed by atoms with Gasteiger partial charge in [-0.2, -0.15) is 0 Å². The number of likely N-dealkylation sites (tertiary alicyclic amines) is 1. The molecule has 0 bridgehead atoms. The Morgan fingerprint density at radius 2 is 2.20 bits per heavy atom. The minimum atomic E-state index is -0.872. The van der Waals surface area contributed by atoms with Crippen LogP contribution in [-0.2, 0) is 4.79 Å². The molecule has 1 N–H and O–H groups in total. The van der Waals surface area contributed by atoms with E-state index >= 15 is 0 Å². The lowest BCUT2D eigenvalue weighted by Crippen LogP contribution is -2.49. The maximum absolute atomic E-state index is 12.3. The van der Waals surface area contributed by atoms with Gasteiger partial charge in [-0.3, -0.25) is 9.59 Å². The zero-order valence-electron chi connectivity index (χ0n) is 11.3. The summed E-state index contributed by atoms with van der Waals surface area (Å²) in [5.74, 6) is -1.16. The predicted octanol–water partition coefficient (Wildman–Crippen LogP) is 1.36. The number of rotatable bonds is 3. The molecule has 1 aromatic rings. The minimum Gasteiger partial charge on any atom is -0.481 e. The highest BCUT2D eigenvalue weighted by Gasteiger charge is 2.42. The summed E-state index contributed by atoms with van der Waals surface area (Å²) in [4.78, 5) is 36.2. The molecule has 20 heavy (non-hydrogen) atoms. The number of carbonyl (C=O) groups is 2. The third-order valence-electron chi connectivity index (χ3n) is 3.94. The number of amides is 1. The monoisotopic (exact) mass is 279 g/mol. The van der Waals surface area contributed by atoms with Crippen LogP contribution in [0.15, 0.2) is 27.6 Å². The first-order valence-corrected chi connectivity index (χ1v) is 6.60. The lowest BCUT2D eigenvalue weighted by molar-refractivity contribution is -0.152. The van der Waals surface area contributed by atoms with E-state index in [-0.39, 0.29) is 18.0 Å². The molecule has 1 atom stereocenters. The zero-order valence-corrected chi connectivity index (χ0v) is 11.3. The molecular weight excluding hydrogens is 262 g/mol. The molecule has 0 radical (unpaired) electrons. The van der Waals surface area contributed by atoms with Crippen LogP contribution in [0.4, 0.5) is 0 Å². The third kappa shape index (κ3) is 2.59. The fraction of sp³-hybridized carbons (Fsp3) is 0.500. The molecular formula is C14H17NO5. The lowest BCUT2D eigenvalue weighted by atomic mass is 9.77. The van der Waals surface area contributed by atoms with Crippen molar-refractivity contribution in [3.8, 4) is 0 Å². The van der Waals surface area contributed by atoms with Crippen molar-refractivity contribution in [1.29, 1.82) is 0 Å². The first kappa shape index (κ1) is 14.3. The molecule has 2 heterocycles. The molecule has 1 saturated heterocycles. The van der Waals surface area contributed by atoms with Crippen molar-refractivity contribution in [3.05, 3.63) is 34.4 Å². The third-order valence-corrected chi connectivity index (χ3v) is 3.94. The number of piperidine rings is 1. The summed E-state index contributed by atoms with van der Waals surface area (Å²) < 4.78 is 4.68. The SMILES string of the molecule is CCC1(C(=O)O)CCCN(C(=O)c2ccc(=O)oc2)C1. The highest BCUT2D eigenvalue weighted by molar-refractivity contribution is 5.94. The Labute approximate surface area is 116 Å². The molecule has 1 aromatic heterocycles. The molecule has 0 saturated carbocycles. The van der Waals surface area contributed by atoms with Gasteiger partial charge in [-0.25, -0.2) is 4.79 Å². The van der Waals surface area contributed by atoms with E-state index in [9.17, 15) is 19.5 Å². The van der Waals surface area contributed by atoms with Crippen LogP contribution in [0.3, 0.4) is 0 Å². The van der Waals surface area contributed by atoms with E-state index in [4.69, 9.17) is 0 Å². The number of carboxylic acid groups (broad SMARTS) is 1. The Kier molecular flexibility index (Phi) is 3.92. The van der Waals surface area contributed by atoms with E-state index in [0.717, 1.165) is 6.26 Å². The van der Waals surface area contributed by atoms with Crippen molar-refractivity contribution in [2.24, 2.45) is 5.41 Å². The van der Waals surface area contributed by atoms with E-state index in [0.29, 0.717) is 25.8 Å². The molecule has 2 rings (SSSR count). The van der Waals surface area contributed by atoms with Crippen molar-refractivity contribution in [3.63, 3.8) is 0 Å². The molecule has 6 nitrogen and oxygen atoms in total. The number of hydrogen-bond donors (Lipinski definition) is 1. The topological polar surface area (TPSA) is 87.8 Å². The van der Waals surface area contributed by atoms with Crippen LogP contribution in [0.2, 0.25) is 0 Å². The quantitative estimate of drug-likeness (QED) is 0.902. The van der Waals surface area contributed by atoms with E-state index in [1.54, 1.807) is 0 Å². The van der Waals surface area contributed by atoms with Gasteiger partial charge in [-0.1, -0.05) is 6.92 Å². The summed E-state index contributed by atoms with van der Waals surface area (Å²) in [6.45, 7) is 2.54. The maximum atomic E-state index is 12.3. The second kappa shape index (κ2) is 5.48. The fourth-order valence-corrected chi connectivity index (χ4v) is 2.58. The van der Waals surface area contributed by atoms with Gasteiger partial charge in [-0.05, 0) is 25.3 Å². The molecule has 0 aliphatic carbocycles. The first-order chi connectivity index (χ1) is 9.48. The van der Waals surface area contributed by atoms with Crippen LogP contribution in [-0.4, -0.2) is 35.0 Å². The summed E-state index contributed by atoms with van der Waals surface area (Å²) in [6.07, 6.45) is 2.83. The van der Waals surface area contributed by atoms with Gasteiger partial charge in [0.2, 0.25) is 0 Å². The fourth-order valence-electron chi connectivity index (χ4n) is 2.58. The first-order valence-electron chi connectivity index (χ1n) is 6.60. The van der Waals surface area contributed by atoms with E-state index in [1.165, 1.54) is 17.0 Å². The van der Waals surface area contributed by atoms with Crippen LogP contribution in [0.1, 0.15) is 36.5 Å². The van der Waals surface area contributed by atoms with Crippen LogP contribution in [0.5, 0.6) is 0 Å². The van der Waals surface area contributed by atoms with Crippen LogP contribution >= 0.6 is 0 Å². The molecule has 1 fully saturated rings. The average molecular weight is 279 g/mol. The molecule has 1 aliphatic rings. The highest BCUT2D eigenvalue weighted by atomic mass is 16.4. The Morgan fingerprint density at radius 3 is 2.75 bits per heavy atom. The molecule has 6 heteroatoms. The number of aliphatic carboxylic acids is 1. The van der Waals surface area contributed by atoms with Gasteiger partial charge in [-0.15, -0.1) is 0 Å². The minimum absolute atomic E-state index is 0.191. The molecule has 1 aliphatic heterocycles. The molecule has 1 unspecified atom stereocenters. The largest absolute Gasteiger partial charge is 0.481 e. The van der Waals surface area contributed by atoms with Crippen molar-refractivity contribution in [2.45, 2.75) is 26.2 Å². The maximum Gasteiger partial charge on any atom is 0.335 e. The Hall–Kier alpha value is -2.11. The highest BCUT2D eigenvalue weighted by Crippen LogP contribution is 2.34. The molecule has 0 aromatic carbocycles. The van der Waals surface area contributed by atoms with Gasteiger partial charge in [0.1, 0.15) is 6.26 Å². The van der Waals surface area contributed by atoms with E-state index in [2.05, 4.69) is 4.42 Å². The van der Waals surface area contributed by atoms with Crippen molar-refractivity contribution >= 4 is 11.9 Å². The van der Waals surface area contributed by atoms with Gasteiger partial charge < -0.3 is 14.4 Å². The number of carbonyl (C=O) groups excluding carboxylic acids is 1. The predicted molar refractivity (Wildman–Crippen MR) is 70.5 cm³/mol. The van der Waals surface area contributed by atoms with Crippen molar-refractivity contribution in [1.82, 2.24) is 4.90 Å². The molecule has 108 valence electrons. The summed E-state index contributed by atoms with van der Waals surface area (Å²) in [7, 11) is 0. The summed E-state index contributed by atoms with van der Waals surface area (Å²) in [6, 6.07) is 2.58. The Balaban J connectivity index is 2.20. The van der Waals surface area contributed by atoms with Gasteiger partial charge in [0.15, 0.2) is 0 Å². The van der Waals surface area contributed by atoms with Gasteiger partial charge >= 0.3 is 11.6 Å². The van der Waals surface area contributed by atoms with Crippen molar-refractivity contribution < 1.29 is 19.1 Å². The van der Waals surface area contributed by atoms with Gasteiger partial charge in [0, 0.05) is 19.2 Å². The second-order valence-electron chi connectivity index (χ2n) is 5.11. The molecule has 1 amide bonds. The smallest absolute Gasteiger partial charge is 0.335 e. The summed E-state index contributed by atoms with van der Waals surface area (Å²) in [5.41, 5.74) is -1.13. The van der Waals surface area contributed by atoms with Gasteiger partial charge in [0.05, 0.1) is 11.0 Å². The van der Waals surface area contributed by atoms with Crippen LogP contribution in [0, 0.1) is 5.41 Å². The lowest BCUT2D eigenvalue weighted by Gasteiger charge is -2.39. The van der Waals surface area contributed by atoms with E-state index < -0.39 is 17.0 Å². The second-order valence-corrected chi connectivity index (χ2v) is 5.11. The molecule has 0 spiro atoms. The number of nitrogens with zero attached hydrogens (tertiary/aromatic N) is 1. The zero-order chi connectivity index (χ0) is 14.8. The Bertz CT molecular complexity index is 559. The van der Waals surface area contributed by atoms with Gasteiger partial charge in [0.25, 0.3) is 5.91 Å². The average Bonchev–Trinajstić information content (AvgIpc) is 2.47. The van der Waals surface area contributed by atoms with Crippen LogP contribution in [0.25, 0.3) is 0 Å². The van der Waals surface area contributed by atoms with Crippen molar-refractivity contribution in [2.75, 3.05) is 13.1 Å². The summed E-state index contributed by atoms with van der Waals surface area (Å²) >= 11 is 0.